The number of unbranched alkanes of at least 4 members (excludes halogenated alkanes) is 2. The largest absolute Gasteiger partial charge is 0.236 e. The molecule has 0 saturated carbocycles. The molecule has 87 valence electrons. The SMILES string of the molecule is CCCCCc1cnc(-c2cc[c]cc2)nc1. The number of nitrogens with zero attached hydrogens (tertiary/aromatic N) is 2. The first-order chi connectivity index (χ1) is 8.40. The van der Waals surface area contributed by atoms with Crippen molar-refractivity contribution in [2.24, 2.45) is 0 Å². The Labute approximate surface area is 103 Å². The Morgan fingerprint density at radius 1 is 1.06 bits per heavy atom. The molecule has 2 aromatic rings. The molecule has 17 heavy (non-hydrogen) atoms. The minimum Gasteiger partial charge on any atom is -0.236 e. The number of hydrogen-bond acceptors (Lipinski definition) is 2. The zero-order valence-electron chi connectivity index (χ0n) is 10.2. The molecule has 0 spiro atoms. The molecular formula is C15H17N2. The normalized spacial score (nSPS) is 10.4. The number of aryl methyl sites for hydroxylation is 1. The van der Waals surface area contributed by atoms with Gasteiger partial charge in [-0.1, -0.05) is 44.0 Å². The van der Waals surface area contributed by atoms with Crippen molar-refractivity contribution < 1.29 is 0 Å². The van der Waals surface area contributed by atoms with Crippen LogP contribution in [0.15, 0.2) is 36.7 Å². The van der Waals surface area contributed by atoms with Gasteiger partial charge >= 0.3 is 0 Å². The molecule has 0 aliphatic carbocycles. The standard InChI is InChI=1S/C15H17N2/c1-2-3-5-8-13-11-16-15(17-12-13)14-9-6-4-7-10-14/h6-7,9-12H,2-3,5,8H2,1H3. The van der Waals surface area contributed by atoms with Gasteiger partial charge in [0.05, 0.1) is 0 Å². The molecule has 2 heteroatoms. The summed E-state index contributed by atoms with van der Waals surface area (Å²) in [6.07, 6.45) is 8.70. The average Bonchev–Trinajstić information content (AvgIpc) is 2.41. The van der Waals surface area contributed by atoms with E-state index in [1.807, 2.05) is 36.7 Å². The first-order valence-corrected chi connectivity index (χ1v) is 6.17. The fourth-order valence-electron chi connectivity index (χ4n) is 1.75. The van der Waals surface area contributed by atoms with Gasteiger partial charge in [0.2, 0.25) is 0 Å². The summed E-state index contributed by atoms with van der Waals surface area (Å²) < 4.78 is 0. The zero-order valence-corrected chi connectivity index (χ0v) is 10.2. The Balaban J connectivity index is 2.03. The molecule has 1 aromatic heterocycles. The second-order valence-corrected chi connectivity index (χ2v) is 4.16. The van der Waals surface area contributed by atoms with Crippen molar-refractivity contribution in [3.05, 3.63) is 48.3 Å². The highest BCUT2D eigenvalue weighted by Gasteiger charge is 2.00. The molecular weight excluding hydrogens is 208 g/mol. The highest BCUT2D eigenvalue weighted by atomic mass is 14.9. The lowest BCUT2D eigenvalue weighted by Gasteiger charge is -2.02. The van der Waals surface area contributed by atoms with Crippen molar-refractivity contribution >= 4 is 0 Å². The van der Waals surface area contributed by atoms with E-state index in [-0.39, 0.29) is 0 Å². The van der Waals surface area contributed by atoms with E-state index in [9.17, 15) is 0 Å². The first-order valence-electron chi connectivity index (χ1n) is 6.17. The highest BCUT2D eigenvalue weighted by Crippen LogP contribution is 2.13. The third-order valence-corrected chi connectivity index (χ3v) is 2.75. The van der Waals surface area contributed by atoms with Crippen molar-refractivity contribution in [2.45, 2.75) is 32.6 Å². The summed E-state index contributed by atoms with van der Waals surface area (Å²) in [5.74, 6) is 0.790. The van der Waals surface area contributed by atoms with Gasteiger partial charge in [-0.3, -0.25) is 0 Å². The van der Waals surface area contributed by atoms with E-state index < -0.39 is 0 Å². The van der Waals surface area contributed by atoms with Crippen LogP contribution in [0.25, 0.3) is 11.4 Å². The Morgan fingerprint density at radius 2 is 1.76 bits per heavy atom. The molecule has 2 rings (SSSR count). The Morgan fingerprint density at radius 3 is 2.41 bits per heavy atom. The maximum atomic E-state index is 4.40. The molecule has 0 aliphatic rings. The van der Waals surface area contributed by atoms with Crippen molar-refractivity contribution in [3.63, 3.8) is 0 Å². The van der Waals surface area contributed by atoms with E-state index in [2.05, 4.69) is 23.0 Å². The Bertz CT molecular complexity index is 434. The summed E-state index contributed by atoms with van der Waals surface area (Å²) >= 11 is 0. The molecule has 0 N–H and O–H groups in total. The smallest absolute Gasteiger partial charge is 0.159 e. The molecule has 0 saturated heterocycles. The van der Waals surface area contributed by atoms with E-state index in [0.29, 0.717) is 0 Å². The molecule has 0 amide bonds. The van der Waals surface area contributed by atoms with Gasteiger partial charge in [-0.15, -0.1) is 0 Å². The molecule has 0 atom stereocenters. The minimum absolute atomic E-state index is 0.790. The number of aromatic nitrogens is 2. The van der Waals surface area contributed by atoms with Crippen LogP contribution in [-0.4, -0.2) is 9.97 Å². The third kappa shape index (κ3) is 3.38. The summed E-state index contributed by atoms with van der Waals surface area (Å²) in [6.45, 7) is 2.21. The molecule has 0 aliphatic heterocycles. The minimum atomic E-state index is 0.790. The van der Waals surface area contributed by atoms with Crippen LogP contribution in [0.1, 0.15) is 31.7 Å². The molecule has 0 unspecified atom stereocenters. The van der Waals surface area contributed by atoms with Crippen LogP contribution < -0.4 is 0 Å². The van der Waals surface area contributed by atoms with Gasteiger partial charge in [0.1, 0.15) is 0 Å². The van der Waals surface area contributed by atoms with Crippen molar-refractivity contribution in [3.8, 4) is 11.4 Å². The molecule has 1 aromatic carbocycles. The summed E-state index contributed by atoms with van der Waals surface area (Å²) in [5.41, 5.74) is 2.27. The maximum Gasteiger partial charge on any atom is 0.159 e. The lowest BCUT2D eigenvalue weighted by molar-refractivity contribution is 0.714. The summed E-state index contributed by atoms with van der Waals surface area (Å²) in [7, 11) is 0. The molecule has 2 nitrogen and oxygen atoms in total. The zero-order chi connectivity index (χ0) is 11.9. The summed E-state index contributed by atoms with van der Waals surface area (Å²) in [6, 6.07) is 10.7. The fourth-order valence-corrected chi connectivity index (χ4v) is 1.75. The predicted molar refractivity (Wildman–Crippen MR) is 69.5 cm³/mol. The first kappa shape index (κ1) is 11.8. The van der Waals surface area contributed by atoms with Crippen LogP contribution in [-0.2, 0) is 6.42 Å². The highest BCUT2D eigenvalue weighted by molar-refractivity contribution is 5.53. The lowest BCUT2D eigenvalue weighted by Crippen LogP contribution is -1.92. The van der Waals surface area contributed by atoms with E-state index >= 15 is 0 Å². The Hall–Kier alpha value is -1.70. The fraction of sp³-hybridized carbons (Fsp3) is 0.333. The van der Waals surface area contributed by atoms with Crippen LogP contribution in [0.2, 0.25) is 0 Å². The number of hydrogen-bond donors (Lipinski definition) is 0. The van der Waals surface area contributed by atoms with Crippen LogP contribution in [0.3, 0.4) is 0 Å². The van der Waals surface area contributed by atoms with E-state index in [1.165, 1.54) is 24.8 Å². The molecule has 1 heterocycles. The van der Waals surface area contributed by atoms with E-state index in [1.54, 1.807) is 0 Å². The van der Waals surface area contributed by atoms with Crippen LogP contribution in [0.4, 0.5) is 0 Å². The second kappa shape index (κ2) is 6.14. The number of benzene rings is 1. The van der Waals surface area contributed by atoms with Crippen molar-refractivity contribution in [2.75, 3.05) is 0 Å². The van der Waals surface area contributed by atoms with Gasteiger partial charge in [-0.25, -0.2) is 9.97 Å². The van der Waals surface area contributed by atoms with Gasteiger partial charge in [-0.2, -0.15) is 0 Å². The second-order valence-electron chi connectivity index (χ2n) is 4.16. The number of rotatable bonds is 5. The van der Waals surface area contributed by atoms with E-state index in [0.717, 1.165) is 17.8 Å². The van der Waals surface area contributed by atoms with Gasteiger partial charge in [0, 0.05) is 18.0 Å². The van der Waals surface area contributed by atoms with Crippen LogP contribution >= 0.6 is 0 Å². The van der Waals surface area contributed by atoms with Crippen molar-refractivity contribution in [1.29, 1.82) is 0 Å². The van der Waals surface area contributed by atoms with Crippen LogP contribution in [0.5, 0.6) is 0 Å². The molecule has 0 bridgehead atoms. The quantitative estimate of drug-likeness (QED) is 0.725. The third-order valence-electron chi connectivity index (χ3n) is 2.75. The van der Waals surface area contributed by atoms with Crippen LogP contribution in [0, 0.1) is 6.07 Å². The summed E-state index contributed by atoms with van der Waals surface area (Å²) in [4.78, 5) is 8.81. The van der Waals surface area contributed by atoms with Gasteiger partial charge in [-0.05, 0) is 24.5 Å². The Kier molecular flexibility index (Phi) is 4.25. The lowest BCUT2D eigenvalue weighted by atomic mass is 10.1. The average molecular weight is 225 g/mol. The maximum absolute atomic E-state index is 4.40. The van der Waals surface area contributed by atoms with Gasteiger partial charge in [0.25, 0.3) is 0 Å². The molecule has 0 fully saturated rings. The predicted octanol–water partition coefficient (Wildman–Crippen LogP) is 3.68. The topological polar surface area (TPSA) is 25.8 Å². The van der Waals surface area contributed by atoms with Gasteiger partial charge in [0.15, 0.2) is 5.82 Å². The molecule has 1 radical (unpaired) electrons. The van der Waals surface area contributed by atoms with Crippen molar-refractivity contribution in [1.82, 2.24) is 9.97 Å². The summed E-state index contributed by atoms with van der Waals surface area (Å²) in [5, 5.41) is 0. The van der Waals surface area contributed by atoms with Gasteiger partial charge < -0.3 is 0 Å². The monoisotopic (exact) mass is 225 g/mol. The van der Waals surface area contributed by atoms with E-state index in [4.69, 9.17) is 0 Å².